The van der Waals surface area contributed by atoms with Gasteiger partial charge in [0.15, 0.2) is 0 Å². The molecule has 0 bridgehead atoms. The summed E-state index contributed by atoms with van der Waals surface area (Å²) >= 11 is 0. The quantitative estimate of drug-likeness (QED) is 0.595. The summed E-state index contributed by atoms with van der Waals surface area (Å²) in [6, 6.07) is 3.58. The van der Waals surface area contributed by atoms with E-state index in [1.807, 2.05) is 6.92 Å². The third-order valence-corrected chi connectivity index (χ3v) is 1.90. The molecule has 1 aromatic carbocycles. The number of aromatic hydroxyl groups is 1. The number of ether oxygens (including phenoxy) is 1. The Morgan fingerprint density at radius 1 is 1.44 bits per heavy atom. The second-order valence-electron chi connectivity index (χ2n) is 3.28. The Morgan fingerprint density at radius 3 is 2.61 bits per heavy atom. The Kier molecular flexibility index (Phi) is 7.42. The van der Waals surface area contributed by atoms with Gasteiger partial charge in [0.1, 0.15) is 5.75 Å². The maximum atomic E-state index is 11.2. The molecule has 0 unspecified atom stereocenters. The molecule has 0 saturated carbocycles. The summed E-state index contributed by atoms with van der Waals surface area (Å²) in [5.74, 6) is -1.96. The normalized spacial score (nSPS) is 9.17. The average molecular weight is 261 g/mol. The maximum Gasteiger partial charge on any atom is 1.00 e. The van der Waals surface area contributed by atoms with Crippen LogP contribution in [0.1, 0.15) is 23.7 Å². The Hall–Kier alpha value is -1.24. The molecule has 0 aliphatic heterocycles. The van der Waals surface area contributed by atoms with Gasteiger partial charge in [-0.2, -0.15) is 0 Å². The molecule has 1 amide bonds. The van der Waals surface area contributed by atoms with E-state index in [0.717, 1.165) is 12.1 Å². The van der Waals surface area contributed by atoms with Gasteiger partial charge in [0, 0.05) is 17.3 Å². The molecule has 0 fully saturated rings. The van der Waals surface area contributed by atoms with Crippen LogP contribution < -0.4 is 40.0 Å². The molecule has 18 heavy (non-hydrogen) atoms. The van der Waals surface area contributed by atoms with Crippen LogP contribution in [0.2, 0.25) is 0 Å². The monoisotopic (exact) mass is 261 g/mol. The summed E-state index contributed by atoms with van der Waals surface area (Å²) in [5, 5.41) is 22.2. The van der Waals surface area contributed by atoms with E-state index < -0.39 is 17.8 Å². The van der Waals surface area contributed by atoms with Crippen molar-refractivity contribution in [3.05, 3.63) is 23.8 Å². The van der Waals surface area contributed by atoms with Crippen LogP contribution in [0.4, 0.5) is 10.5 Å². The van der Waals surface area contributed by atoms with E-state index in [1.165, 1.54) is 6.07 Å². The van der Waals surface area contributed by atoms with Gasteiger partial charge < -0.3 is 19.7 Å². The molecular formula is C11H12NNaO5. The minimum absolute atomic E-state index is 0. The fourth-order valence-corrected chi connectivity index (χ4v) is 1.13. The smallest absolute Gasteiger partial charge is 0.545 e. The standard InChI is InChI=1S/C11H13NO5.Na/c1-2-5-17-11(16)12-7-3-4-8(10(14)15)9(13)6-7;/h3-4,6,13H,2,5H2,1H3,(H,12,16)(H,14,15);/q;+1/p-1. The van der Waals surface area contributed by atoms with E-state index >= 15 is 0 Å². The van der Waals surface area contributed by atoms with Crippen molar-refractivity contribution in [2.24, 2.45) is 0 Å². The number of benzene rings is 1. The third-order valence-electron chi connectivity index (χ3n) is 1.90. The molecule has 92 valence electrons. The molecule has 0 radical (unpaired) electrons. The second-order valence-corrected chi connectivity index (χ2v) is 3.28. The van der Waals surface area contributed by atoms with Crippen LogP contribution >= 0.6 is 0 Å². The minimum atomic E-state index is -1.48. The van der Waals surface area contributed by atoms with Crippen molar-refractivity contribution >= 4 is 17.7 Å². The minimum Gasteiger partial charge on any atom is -0.545 e. The number of carboxylic acids is 1. The number of rotatable bonds is 4. The summed E-state index contributed by atoms with van der Waals surface area (Å²) in [4.78, 5) is 21.7. The first kappa shape index (κ1) is 16.8. The number of phenols is 1. The number of nitrogens with one attached hydrogen (secondary N) is 1. The fraction of sp³-hybridized carbons (Fsp3) is 0.273. The van der Waals surface area contributed by atoms with Gasteiger partial charge in [-0.15, -0.1) is 0 Å². The number of anilines is 1. The summed E-state index contributed by atoms with van der Waals surface area (Å²) < 4.78 is 4.75. The van der Waals surface area contributed by atoms with Gasteiger partial charge in [-0.25, -0.2) is 4.79 Å². The molecular weight excluding hydrogens is 249 g/mol. The largest absolute Gasteiger partial charge is 1.00 e. The topological polar surface area (TPSA) is 98.7 Å². The number of carbonyl (C=O) groups excluding carboxylic acids is 2. The maximum absolute atomic E-state index is 11.2. The molecule has 0 aliphatic carbocycles. The third kappa shape index (κ3) is 4.95. The molecule has 0 saturated heterocycles. The zero-order valence-corrected chi connectivity index (χ0v) is 12.2. The van der Waals surface area contributed by atoms with Crippen molar-refractivity contribution in [2.45, 2.75) is 13.3 Å². The summed E-state index contributed by atoms with van der Waals surface area (Å²) in [6.07, 6.45) is 0.0369. The number of hydrogen-bond donors (Lipinski definition) is 2. The van der Waals surface area contributed by atoms with Crippen LogP contribution in [-0.4, -0.2) is 23.8 Å². The van der Waals surface area contributed by atoms with E-state index in [2.05, 4.69) is 5.32 Å². The van der Waals surface area contributed by atoms with E-state index in [-0.39, 0.29) is 47.4 Å². The van der Waals surface area contributed by atoms with Gasteiger partial charge in [0.2, 0.25) is 0 Å². The van der Waals surface area contributed by atoms with Crippen molar-refractivity contribution in [1.29, 1.82) is 0 Å². The molecule has 0 aliphatic rings. The predicted molar refractivity (Wildman–Crippen MR) is 57.7 cm³/mol. The van der Waals surface area contributed by atoms with E-state index in [1.54, 1.807) is 0 Å². The van der Waals surface area contributed by atoms with Gasteiger partial charge in [-0.3, -0.25) is 5.32 Å². The molecule has 0 heterocycles. The number of hydrogen-bond acceptors (Lipinski definition) is 5. The van der Waals surface area contributed by atoms with E-state index in [4.69, 9.17) is 4.74 Å². The molecule has 0 atom stereocenters. The molecule has 6 nitrogen and oxygen atoms in total. The summed E-state index contributed by atoms with van der Waals surface area (Å²) in [7, 11) is 0. The fourth-order valence-electron chi connectivity index (χ4n) is 1.13. The number of amides is 1. The van der Waals surface area contributed by atoms with Crippen molar-refractivity contribution in [3.63, 3.8) is 0 Å². The molecule has 0 aromatic heterocycles. The van der Waals surface area contributed by atoms with Gasteiger partial charge in [0.05, 0.1) is 12.6 Å². The van der Waals surface area contributed by atoms with Gasteiger partial charge >= 0.3 is 35.7 Å². The summed E-state index contributed by atoms with van der Waals surface area (Å²) in [5.41, 5.74) is -0.0916. The van der Waals surface area contributed by atoms with Gasteiger partial charge in [-0.05, 0) is 18.6 Å². The Morgan fingerprint density at radius 2 is 2.11 bits per heavy atom. The van der Waals surface area contributed by atoms with Gasteiger partial charge in [-0.1, -0.05) is 6.92 Å². The number of carbonyl (C=O) groups is 2. The molecule has 7 heteroatoms. The number of carboxylic acid groups (broad SMARTS) is 1. The van der Waals surface area contributed by atoms with Gasteiger partial charge in [0.25, 0.3) is 0 Å². The zero-order chi connectivity index (χ0) is 12.8. The first-order valence-electron chi connectivity index (χ1n) is 5.02. The number of aromatic carboxylic acids is 1. The van der Waals surface area contributed by atoms with Crippen molar-refractivity contribution in [2.75, 3.05) is 11.9 Å². The summed E-state index contributed by atoms with van der Waals surface area (Å²) in [6.45, 7) is 2.14. The van der Waals surface area contributed by atoms with E-state index in [9.17, 15) is 19.8 Å². The first-order chi connectivity index (χ1) is 8.04. The SMILES string of the molecule is CCCOC(=O)Nc1ccc(C(=O)[O-])c(O)c1.[Na+]. The van der Waals surface area contributed by atoms with Crippen molar-refractivity contribution in [3.8, 4) is 5.75 Å². The van der Waals surface area contributed by atoms with Crippen LogP contribution in [0.3, 0.4) is 0 Å². The second kappa shape index (κ2) is 7.97. The Balaban J connectivity index is 0.00000289. The van der Waals surface area contributed by atoms with Crippen LogP contribution in [0, 0.1) is 0 Å². The molecule has 2 N–H and O–H groups in total. The van der Waals surface area contributed by atoms with Crippen molar-refractivity contribution in [1.82, 2.24) is 0 Å². The molecule has 1 rings (SSSR count). The Labute approximate surface area is 126 Å². The predicted octanol–water partition coefficient (Wildman–Crippen LogP) is -2.28. The zero-order valence-electron chi connectivity index (χ0n) is 10.2. The average Bonchev–Trinajstić information content (AvgIpc) is 2.26. The van der Waals surface area contributed by atoms with Crippen LogP contribution in [0.5, 0.6) is 5.75 Å². The first-order valence-corrected chi connectivity index (χ1v) is 5.02. The molecule has 1 aromatic rings. The Bertz CT molecular complexity index is 435. The van der Waals surface area contributed by atoms with E-state index in [0.29, 0.717) is 6.42 Å². The van der Waals surface area contributed by atoms with Crippen LogP contribution in [0.25, 0.3) is 0 Å². The van der Waals surface area contributed by atoms with Crippen LogP contribution in [-0.2, 0) is 4.74 Å². The van der Waals surface area contributed by atoms with Crippen LogP contribution in [0.15, 0.2) is 18.2 Å². The van der Waals surface area contributed by atoms with Crippen molar-refractivity contribution < 1.29 is 54.1 Å². The molecule has 0 spiro atoms.